The Morgan fingerprint density at radius 2 is 2.00 bits per heavy atom. The quantitative estimate of drug-likeness (QED) is 0.399. The van der Waals surface area contributed by atoms with E-state index in [4.69, 9.17) is 28.2 Å². The van der Waals surface area contributed by atoms with Crippen molar-refractivity contribution >= 4 is 80.4 Å². The molecule has 1 aromatic heterocycles. The first kappa shape index (κ1) is 17.5. The van der Waals surface area contributed by atoms with Crippen LogP contribution in [0.4, 0.5) is 0 Å². The van der Waals surface area contributed by atoms with Crippen molar-refractivity contribution in [1.29, 1.82) is 0 Å². The zero-order valence-electron chi connectivity index (χ0n) is 11.8. The molecule has 1 aromatic carbocycles. The molecule has 2 heterocycles. The van der Waals surface area contributed by atoms with E-state index in [2.05, 4.69) is 5.43 Å². The second-order valence-electron chi connectivity index (χ2n) is 4.61. The van der Waals surface area contributed by atoms with Crippen LogP contribution in [-0.2, 0) is 4.79 Å². The Morgan fingerprint density at radius 3 is 2.62 bits per heavy atom. The summed E-state index contributed by atoms with van der Waals surface area (Å²) >= 11 is 14.1. The Hall–Kier alpha value is -1.36. The highest BCUT2D eigenvalue weighted by Crippen LogP contribution is 2.31. The van der Waals surface area contributed by atoms with Gasteiger partial charge in [-0.15, -0.1) is 0 Å². The lowest BCUT2D eigenvalue weighted by atomic mass is 10.2. The highest BCUT2D eigenvalue weighted by molar-refractivity contribution is 14.1. The molecule has 1 aliphatic rings. The fraction of sp³-hybridized carbons (Fsp3) is 0. The molecule has 2 amide bonds. The van der Waals surface area contributed by atoms with Gasteiger partial charge in [-0.05, 0) is 71.2 Å². The van der Waals surface area contributed by atoms with Crippen molar-refractivity contribution in [2.45, 2.75) is 0 Å². The molecule has 5 nitrogen and oxygen atoms in total. The van der Waals surface area contributed by atoms with Gasteiger partial charge in [0.2, 0.25) is 0 Å². The first-order chi connectivity index (χ1) is 11.4. The van der Waals surface area contributed by atoms with Gasteiger partial charge < -0.3 is 4.42 Å². The van der Waals surface area contributed by atoms with Gasteiger partial charge in [-0.1, -0.05) is 23.4 Å². The smallest absolute Gasteiger partial charge is 0.285 e. The Kier molecular flexibility index (Phi) is 5.28. The number of nitrogens with zero attached hydrogens (tertiary/aromatic N) is 1. The van der Waals surface area contributed by atoms with Crippen LogP contribution in [-0.4, -0.2) is 21.1 Å². The molecule has 0 bridgehead atoms. The molecule has 9 heteroatoms. The molecule has 122 valence electrons. The molecular formula is C15H8ClIN2O3S2. The number of amides is 2. The number of thiocarbonyl (C=S) groups is 1. The number of benzene rings is 1. The summed E-state index contributed by atoms with van der Waals surface area (Å²) in [4.78, 5) is 25.0. The number of furan rings is 1. The minimum Gasteiger partial charge on any atom is -0.451 e. The minimum absolute atomic E-state index is 0.245. The second kappa shape index (κ2) is 7.26. The standard InChI is InChI=1S/C15H8ClIN2O3S2/c16-9-3-1-8(2-4-9)13(20)18-19-14(21)11(24-15(19)23)7-10-5-6-12(17)22-10/h1-7H,(H,18,20)/b11-7-. The van der Waals surface area contributed by atoms with E-state index in [9.17, 15) is 9.59 Å². The molecule has 24 heavy (non-hydrogen) atoms. The van der Waals surface area contributed by atoms with Gasteiger partial charge in [-0.3, -0.25) is 15.0 Å². The maximum atomic E-state index is 12.4. The predicted octanol–water partition coefficient (Wildman–Crippen LogP) is 4.08. The van der Waals surface area contributed by atoms with Crippen LogP contribution < -0.4 is 5.43 Å². The lowest BCUT2D eigenvalue weighted by Gasteiger charge is -2.15. The van der Waals surface area contributed by atoms with Crippen LogP contribution in [0.1, 0.15) is 16.1 Å². The summed E-state index contributed by atoms with van der Waals surface area (Å²) < 4.78 is 6.37. The number of carbonyl (C=O) groups excluding carboxylic acids is 2. The van der Waals surface area contributed by atoms with Gasteiger partial charge in [0, 0.05) is 16.7 Å². The van der Waals surface area contributed by atoms with Crippen LogP contribution in [0.3, 0.4) is 0 Å². The highest BCUT2D eigenvalue weighted by atomic mass is 127. The van der Waals surface area contributed by atoms with E-state index in [1.54, 1.807) is 42.5 Å². The van der Waals surface area contributed by atoms with Crippen molar-refractivity contribution in [3.8, 4) is 0 Å². The third-order valence-electron chi connectivity index (χ3n) is 2.98. The Labute approximate surface area is 165 Å². The van der Waals surface area contributed by atoms with Crippen molar-refractivity contribution in [2.24, 2.45) is 0 Å². The zero-order chi connectivity index (χ0) is 17.3. The van der Waals surface area contributed by atoms with Crippen molar-refractivity contribution in [3.63, 3.8) is 0 Å². The fourth-order valence-electron chi connectivity index (χ4n) is 1.87. The molecule has 3 rings (SSSR count). The van der Waals surface area contributed by atoms with Gasteiger partial charge in [0.1, 0.15) is 5.76 Å². The highest BCUT2D eigenvalue weighted by Gasteiger charge is 2.34. The van der Waals surface area contributed by atoms with Crippen LogP contribution in [0.2, 0.25) is 5.02 Å². The number of halogens is 2. The van der Waals surface area contributed by atoms with Crippen LogP contribution in [0.15, 0.2) is 45.7 Å². The van der Waals surface area contributed by atoms with E-state index >= 15 is 0 Å². The number of rotatable bonds is 3. The van der Waals surface area contributed by atoms with E-state index in [-0.39, 0.29) is 4.32 Å². The van der Waals surface area contributed by atoms with Crippen molar-refractivity contribution < 1.29 is 14.0 Å². The van der Waals surface area contributed by atoms with E-state index < -0.39 is 11.8 Å². The topological polar surface area (TPSA) is 62.6 Å². The third kappa shape index (κ3) is 3.82. The van der Waals surface area contributed by atoms with Gasteiger partial charge in [0.25, 0.3) is 11.8 Å². The van der Waals surface area contributed by atoms with Crippen molar-refractivity contribution in [2.75, 3.05) is 0 Å². The minimum atomic E-state index is -0.447. The zero-order valence-corrected chi connectivity index (χ0v) is 16.3. The fourth-order valence-corrected chi connectivity index (χ4v) is 3.59. The van der Waals surface area contributed by atoms with E-state index in [0.29, 0.717) is 25.0 Å². The molecule has 1 aliphatic heterocycles. The lowest BCUT2D eigenvalue weighted by Crippen LogP contribution is -2.44. The summed E-state index contributed by atoms with van der Waals surface area (Å²) in [6.07, 6.45) is 1.59. The maximum Gasteiger partial charge on any atom is 0.285 e. The van der Waals surface area contributed by atoms with E-state index in [0.717, 1.165) is 16.8 Å². The molecular weight excluding hydrogens is 483 g/mol. The lowest BCUT2D eigenvalue weighted by molar-refractivity contribution is -0.123. The van der Waals surface area contributed by atoms with Gasteiger partial charge in [0.05, 0.1) is 4.91 Å². The first-order valence-corrected chi connectivity index (χ1v) is 9.22. The van der Waals surface area contributed by atoms with Gasteiger partial charge in [-0.25, -0.2) is 0 Å². The van der Waals surface area contributed by atoms with Crippen LogP contribution in [0.5, 0.6) is 0 Å². The van der Waals surface area contributed by atoms with E-state index in [1.807, 2.05) is 22.6 Å². The number of hydrogen-bond donors (Lipinski definition) is 1. The summed E-state index contributed by atoms with van der Waals surface area (Å²) in [6, 6.07) is 9.86. The van der Waals surface area contributed by atoms with E-state index in [1.165, 1.54) is 0 Å². The summed E-state index contributed by atoms with van der Waals surface area (Å²) in [6.45, 7) is 0. The van der Waals surface area contributed by atoms with Crippen molar-refractivity contribution in [3.05, 3.63) is 61.4 Å². The average molecular weight is 491 g/mol. The van der Waals surface area contributed by atoms with Gasteiger partial charge in [0.15, 0.2) is 8.09 Å². The molecule has 1 fully saturated rings. The Morgan fingerprint density at radius 1 is 1.29 bits per heavy atom. The number of nitrogens with one attached hydrogen (secondary N) is 1. The van der Waals surface area contributed by atoms with Crippen LogP contribution >= 0.6 is 58.2 Å². The van der Waals surface area contributed by atoms with Gasteiger partial charge >= 0.3 is 0 Å². The van der Waals surface area contributed by atoms with Gasteiger partial charge in [-0.2, -0.15) is 5.01 Å². The second-order valence-corrected chi connectivity index (χ2v) is 7.78. The monoisotopic (exact) mass is 490 g/mol. The van der Waals surface area contributed by atoms with Crippen molar-refractivity contribution in [1.82, 2.24) is 10.4 Å². The number of hydrazine groups is 1. The molecule has 0 aliphatic carbocycles. The van der Waals surface area contributed by atoms with Crippen LogP contribution in [0, 0.1) is 3.77 Å². The summed E-state index contributed by atoms with van der Waals surface area (Å²) in [5, 5.41) is 1.57. The third-order valence-corrected chi connectivity index (χ3v) is 5.11. The molecule has 0 radical (unpaired) electrons. The first-order valence-electron chi connectivity index (χ1n) is 6.54. The summed E-state index contributed by atoms with van der Waals surface area (Å²) in [5.41, 5.74) is 2.88. The summed E-state index contributed by atoms with van der Waals surface area (Å²) in [5.74, 6) is -0.306. The molecule has 1 saturated heterocycles. The maximum absolute atomic E-state index is 12.4. The average Bonchev–Trinajstić information content (AvgIpc) is 3.06. The molecule has 0 unspecified atom stereocenters. The Bertz CT molecular complexity index is 864. The summed E-state index contributed by atoms with van der Waals surface area (Å²) in [7, 11) is 0. The number of thioether (sulfide) groups is 1. The largest absolute Gasteiger partial charge is 0.451 e. The number of hydrogen-bond acceptors (Lipinski definition) is 5. The molecule has 0 spiro atoms. The normalized spacial score (nSPS) is 16.1. The SMILES string of the molecule is O=C(NN1C(=O)/C(=C/c2ccc(I)o2)SC1=S)c1ccc(Cl)cc1. The molecule has 0 saturated carbocycles. The molecule has 0 atom stereocenters. The number of carbonyl (C=O) groups is 2. The molecule has 1 N–H and O–H groups in total. The molecule has 2 aromatic rings. The van der Waals surface area contributed by atoms with Crippen LogP contribution in [0.25, 0.3) is 6.08 Å². The predicted molar refractivity (Wildman–Crippen MR) is 105 cm³/mol. The Balaban J connectivity index is 1.76.